The van der Waals surface area contributed by atoms with Crippen LogP contribution in [-0.2, 0) is 20.7 Å². The third kappa shape index (κ3) is 5.55. The Morgan fingerprint density at radius 1 is 1.16 bits per heavy atom. The van der Waals surface area contributed by atoms with E-state index in [-0.39, 0.29) is 17.7 Å². The van der Waals surface area contributed by atoms with Gasteiger partial charge in [-0.2, -0.15) is 0 Å². The molecule has 4 rings (SSSR count). The minimum atomic E-state index is -0.140. The Labute approximate surface area is 187 Å². The predicted molar refractivity (Wildman–Crippen MR) is 125 cm³/mol. The molecule has 2 heterocycles. The van der Waals surface area contributed by atoms with Crippen LogP contribution in [0.3, 0.4) is 0 Å². The lowest BCUT2D eigenvalue weighted by Gasteiger charge is -2.23. The Balaban J connectivity index is 1.37. The van der Waals surface area contributed by atoms with Gasteiger partial charge in [-0.15, -0.1) is 0 Å². The molecule has 3 aromatic rings. The van der Waals surface area contributed by atoms with Crippen molar-refractivity contribution in [2.24, 2.45) is 5.92 Å². The zero-order chi connectivity index (χ0) is 22.5. The van der Waals surface area contributed by atoms with Gasteiger partial charge < -0.3 is 19.8 Å². The Morgan fingerprint density at radius 3 is 2.88 bits per heavy atom. The summed E-state index contributed by atoms with van der Waals surface area (Å²) in [4.78, 5) is 26.3. The third-order valence-electron chi connectivity index (χ3n) is 5.72. The smallest absolute Gasteiger partial charge is 0.238 e. The molecule has 1 fully saturated rings. The van der Waals surface area contributed by atoms with Crippen molar-refractivity contribution in [3.05, 3.63) is 59.9 Å². The zero-order valence-corrected chi connectivity index (χ0v) is 18.5. The number of hydrogen-bond donors (Lipinski definition) is 2. The van der Waals surface area contributed by atoms with Gasteiger partial charge in [-0.05, 0) is 54.7 Å². The van der Waals surface area contributed by atoms with Crippen molar-refractivity contribution in [1.29, 1.82) is 0 Å². The van der Waals surface area contributed by atoms with Crippen LogP contribution in [0.1, 0.15) is 18.1 Å². The molecular formula is C25H29N3O4. The number of ether oxygens (including phenoxy) is 1. The van der Waals surface area contributed by atoms with Gasteiger partial charge in [-0.3, -0.25) is 14.5 Å². The summed E-state index contributed by atoms with van der Waals surface area (Å²) in [5.41, 5.74) is 4.44. The summed E-state index contributed by atoms with van der Waals surface area (Å²) < 4.78 is 11.4. The van der Waals surface area contributed by atoms with Crippen LogP contribution in [0.5, 0.6) is 0 Å². The van der Waals surface area contributed by atoms with E-state index >= 15 is 0 Å². The van der Waals surface area contributed by atoms with Crippen molar-refractivity contribution in [2.75, 3.05) is 43.5 Å². The van der Waals surface area contributed by atoms with Gasteiger partial charge in [0.2, 0.25) is 11.8 Å². The lowest BCUT2D eigenvalue weighted by molar-refractivity contribution is -0.117. The first-order valence-corrected chi connectivity index (χ1v) is 10.9. The lowest BCUT2D eigenvalue weighted by atomic mass is 9.97. The molecule has 0 saturated carbocycles. The molecule has 0 aliphatic carbocycles. The molecule has 2 aromatic carbocycles. The highest BCUT2D eigenvalue weighted by atomic mass is 16.5. The van der Waals surface area contributed by atoms with Gasteiger partial charge in [-0.25, -0.2) is 0 Å². The van der Waals surface area contributed by atoms with E-state index < -0.39 is 0 Å². The van der Waals surface area contributed by atoms with Crippen molar-refractivity contribution in [3.8, 4) is 0 Å². The summed E-state index contributed by atoms with van der Waals surface area (Å²) in [7, 11) is 0. The van der Waals surface area contributed by atoms with Crippen LogP contribution >= 0.6 is 0 Å². The summed E-state index contributed by atoms with van der Waals surface area (Å²) in [5, 5.41) is 6.88. The van der Waals surface area contributed by atoms with Gasteiger partial charge in [0.1, 0.15) is 5.58 Å². The molecule has 168 valence electrons. The molecule has 1 aromatic heterocycles. The minimum absolute atomic E-state index is 0.0831. The van der Waals surface area contributed by atoms with Gasteiger partial charge in [0, 0.05) is 36.8 Å². The Kier molecular flexibility index (Phi) is 6.87. The first kappa shape index (κ1) is 22.0. The maximum absolute atomic E-state index is 12.7. The van der Waals surface area contributed by atoms with Crippen LogP contribution in [0.4, 0.5) is 11.4 Å². The molecular weight excluding hydrogens is 406 g/mol. The largest absolute Gasteiger partial charge is 0.464 e. The van der Waals surface area contributed by atoms with Crippen molar-refractivity contribution in [3.63, 3.8) is 0 Å². The summed E-state index contributed by atoms with van der Waals surface area (Å²) in [6, 6.07) is 13.6. The number of amides is 2. The molecule has 0 radical (unpaired) electrons. The topological polar surface area (TPSA) is 83.8 Å². The number of hydrogen-bond acceptors (Lipinski definition) is 5. The van der Waals surface area contributed by atoms with Crippen LogP contribution in [0.15, 0.2) is 53.1 Å². The molecule has 1 aliphatic heterocycles. The highest BCUT2D eigenvalue weighted by Gasteiger charge is 2.22. The van der Waals surface area contributed by atoms with Gasteiger partial charge >= 0.3 is 0 Å². The summed E-state index contributed by atoms with van der Waals surface area (Å²) in [6.45, 7) is 6.45. The fraction of sp³-hybridized carbons (Fsp3) is 0.360. The monoisotopic (exact) mass is 435 g/mol. The van der Waals surface area contributed by atoms with Crippen LogP contribution in [-0.4, -0.2) is 49.6 Å². The van der Waals surface area contributed by atoms with E-state index in [0.29, 0.717) is 37.7 Å². The third-order valence-corrected chi connectivity index (χ3v) is 5.72. The molecule has 1 atom stereocenters. The number of carbonyl (C=O) groups excluding carboxylic acids is 2. The van der Waals surface area contributed by atoms with Crippen molar-refractivity contribution >= 4 is 34.2 Å². The molecule has 0 spiro atoms. The van der Waals surface area contributed by atoms with E-state index in [2.05, 4.69) is 21.6 Å². The van der Waals surface area contributed by atoms with E-state index in [4.69, 9.17) is 9.15 Å². The Bertz CT molecular complexity index is 1110. The number of nitrogens with zero attached hydrogens (tertiary/aromatic N) is 1. The number of anilines is 2. The van der Waals surface area contributed by atoms with Gasteiger partial charge in [0.25, 0.3) is 0 Å². The number of furan rings is 1. The van der Waals surface area contributed by atoms with Crippen LogP contribution < -0.4 is 10.6 Å². The Morgan fingerprint density at radius 2 is 2.03 bits per heavy atom. The molecule has 7 nitrogen and oxygen atoms in total. The quantitative estimate of drug-likeness (QED) is 0.615. The second-order valence-electron chi connectivity index (χ2n) is 8.39. The predicted octanol–water partition coefficient (Wildman–Crippen LogP) is 3.83. The molecule has 1 aliphatic rings. The lowest BCUT2D eigenvalue weighted by Crippen LogP contribution is -2.37. The zero-order valence-electron chi connectivity index (χ0n) is 18.5. The number of benzene rings is 2. The second kappa shape index (κ2) is 9.97. The number of nitrogens with one attached hydrogen (secondary N) is 2. The number of carbonyl (C=O) groups is 2. The van der Waals surface area contributed by atoms with Crippen LogP contribution in [0.2, 0.25) is 0 Å². The summed E-state index contributed by atoms with van der Waals surface area (Å²) in [5.74, 6) is 0.0649. The van der Waals surface area contributed by atoms with E-state index in [0.717, 1.165) is 29.5 Å². The standard InChI is InChI=1S/C25H29N3O4/c1-17-6-7-21(13-23(17)26-18(2)29)27-25(30)15-28-9-11-31-16-19(14-28)12-20-4-3-5-24-22(20)8-10-32-24/h3-8,10,13,19H,9,11-12,14-16H2,1-2H3,(H,26,29)(H,27,30). The van der Waals surface area contributed by atoms with Gasteiger partial charge in [-0.1, -0.05) is 18.2 Å². The molecule has 1 saturated heterocycles. The van der Waals surface area contributed by atoms with E-state index in [9.17, 15) is 9.59 Å². The van der Waals surface area contributed by atoms with E-state index in [1.165, 1.54) is 12.5 Å². The Hall–Kier alpha value is -3.16. The van der Waals surface area contributed by atoms with E-state index in [1.807, 2.05) is 37.3 Å². The molecule has 1 unspecified atom stereocenters. The first-order valence-electron chi connectivity index (χ1n) is 10.9. The van der Waals surface area contributed by atoms with Crippen molar-refractivity contribution in [2.45, 2.75) is 20.3 Å². The maximum Gasteiger partial charge on any atom is 0.238 e. The second-order valence-corrected chi connectivity index (χ2v) is 8.39. The normalized spacial score (nSPS) is 17.1. The average molecular weight is 436 g/mol. The maximum atomic E-state index is 12.7. The molecule has 2 N–H and O–H groups in total. The summed E-state index contributed by atoms with van der Waals surface area (Å²) >= 11 is 0. The number of aryl methyl sites for hydroxylation is 1. The fourth-order valence-electron chi connectivity index (χ4n) is 4.19. The van der Waals surface area contributed by atoms with E-state index in [1.54, 1.807) is 12.3 Å². The summed E-state index contributed by atoms with van der Waals surface area (Å²) in [6.07, 6.45) is 2.59. The minimum Gasteiger partial charge on any atom is -0.464 e. The van der Waals surface area contributed by atoms with Gasteiger partial charge in [0.05, 0.1) is 26.0 Å². The van der Waals surface area contributed by atoms with Gasteiger partial charge in [0.15, 0.2) is 0 Å². The molecule has 32 heavy (non-hydrogen) atoms. The van der Waals surface area contributed by atoms with Crippen molar-refractivity contribution in [1.82, 2.24) is 4.90 Å². The molecule has 7 heteroatoms. The number of fused-ring (bicyclic) bond motifs is 1. The van der Waals surface area contributed by atoms with Crippen molar-refractivity contribution < 1.29 is 18.7 Å². The molecule has 2 amide bonds. The molecule has 0 bridgehead atoms. The first-order chi connectivity index (χ1) is 15.5. The fourth-order valence-corrected chi connectivity index (χ4v) is 4.19. The number of rotatable bonds is 6. The average Bonchev–Trinajstić information content (AvgIpc) is 3.13. The SMILES string of the molecule is CC(=O)Nc1cc(NC(=O)CN2CCOCC(Cc3cccc4occc34)C2)ccc1C. The highest BCUT2D eigenvalue weighted by molar-refractivity contribution is 5.94. The van der Waals surface area contributed by atoms with Crippen LogP contribution in [0.25, 0.3) is 11.0 Å². The highest BCUT2D eigenvalue weighted by Crippen LogP contribution is 2.24. The van der Waals surface area contributed by atoms with Crippen LogP contribution in [0, 0.1) is 12.8 Å².